The number of carbonyl (C=O) groups excluding carboxylic acids is 2. The first-order valence-electron chi connectivity index (χ1n) is 9.66. The monoisotopic (exact) mass is 433 g/mol. The van der Waals surface area contributed by atoms with Crippen LogP contribution in [-0.4, -0.2) is 23.3 Å². The molecule has 4 rings (SSSR count). The first kappa shape index (κ1) is 20.6. The predicted molar refractivity (Wildman–Crippen MR) is 120 cm³/mol. The highest BCUT2D eigenvalue weighted by Gasteiger charge is 2.30. The highest BCUT2D eigenvalue weighted by atomic mass is 32.2. The van der Waals surface area contributed by atoms with E-state index in [0.717, 1.165) is 10.5 Å². The molecule has 0 saturated heterocycles. The van der Waals surface area contributed by atoms with Crippen LogP contribution >= 0.6 is 11.8 Å². The van der Waals surface area contributed by atoms with E-state index in [2.05, 4.69) is 5.32 Å². The largest absolute Gasteiger partial charge is 0.325 e. The molecular weight excluding hydrogens is 414 g/mol. The second kappa shape index (κ2) is 9.01. The molecular formula is C23H19N3O4S. The van der Waals surface area contributed by atoms with E-state index in [1.54, 1.807) is 11.8 Å². The molecule has 2 amide bonds. The van der Waals surface area contributed by atoms with E-state index in [4.69, 9.17) is 0 Å². The van der Waals surface area contributed by atoms with Crippen molar-refractivity contribution >= 4 is 40.6 Å². The third-order valence-corrected chi connectivity index (χ3v) is 6.24. The minimum Gasteiger partial charge on any atom is -0.325 e. The smallest absolute Gasteiger partial charge is 0.269 e. The molecule has 1 N–H and O–H groups in total. The molecule has 3 aromatic rings. The molecule has 0 radical (unpaired) electrons. The number of hydrogen-bond acceptors (Lipinski definition) is 5. The fourth-order valence-electron chi connectivity index (χ4n) is 3.42. The third kappa shape index (κ3) is 4.75. The number of benzene rings is 3. The van der Waals surface area contributed by atoms with E-state index < -0.39 is 4.92 Å². The molecule has 1 heterocycles. The van der Waals surface area contributed by atoms with E-state index in [1.807, 2.05) is 54.6 Å². The summed E-state index contributed by atoms with van der Waals surface area (Å²) in [6.07, 6.45) is 0.272. The number of nitrogens with zero attached hydrogens (tertiary/aromatic N) is 2. The molecule has 31 heavy (non-hydrogen) atoms. The lowest BCUT2D eigenvalue weighted by molar-refractivity contribution is -0.384. The van der Waals surface area contributed by atoms with Crippen molar-refractivity contribution in [1.82, 2.24) is 0 Å². The fourth-order valence-corrected chi connectivity index (χ4v) is 4.70. The molecule has 0 spiro atoms. The summed E-state index contributed by atoms with van der Waals surface area (Å²) in [5.74, 6) is -0.509. The van der Waals surface area contributed by atoms with Crippen molar-refractivity contribution < 1.29 is 14.5 Å². The SMILES string of the molecule is O=C(CN1C(=O)C[C@@H](c2ccccc2)Sc2ccccc21)Nc1ccc([N+](=O)[O-])cc1. The first-order valence-corrected chi connectivity index (χ1v) is 10.5. The summed E-state index contributed by atoms with van der Waals surface area (Å²) in [5.41, 5.74) is 2.14. The Morgan fingerprint density at radius 2 is 1.71 bits per heavy atom. The van der Waals surface area contributed by atoms with Gasteiger partial charge in [-0.15, -0.1) is 11.8 Å². The Labute approximate surface area is 183 Å². The molecule has 1 aliphatic heterocycles. The molecule has 3 aromatic carbocycles. The van der Waals surface area contributed by atoms with Crippen LogP contribution in [0.3, 0.4) is 0 Å². The van der Waals surface area contributed by atoms with Crippen molar-refractivity contribution in [2.75, 3.05) is 16.8 Å². The lowest BCUT2D eigenvalue weighted by atomic mass is 10.1. The van der Waals surface area contributed by atoms with Gasteiger partial charge in [-0.3, -0.25) is 19.7 Å². The first-order chi connectivity index (χ1) is 15.0. The van der Waals surface area contributed by atoms with Crippen molar-refractivity contribution in [2.24, 2.45) is 0 Å². The van der Waals surface area contributed by atoms with Gasteiger partial charge in [-0.05, 0) is 29.8 Å². The van der Waals surface area contributed by atoms with Crippen molar-refractivity contribution in [2.45, 2.75) is 16.6 Å². The van der Waals surface area contributed by atoms with Gasteiger partial charge in [0.1, 0.15) is 6.54 Å². The quantitative estimate of drug-likeness (QED) is 0.461. The van der Waals surface area contributed by atoms with Gasteiger partial charge in [0.25, 0.3) is 5.69 Å². The second-order valence-electron chi connectivity index (χ2n) is 7.02. The topological polar surface area (TPSA) is 92.6 Å². The number of nitrogens with one attached hydrogen (secondary N) is 1. The van der Waals surface area contributed by atoms with Crippen molar-refractivity contribution in [3.05, 3.63) is 94.5 Å². The van der Waals surface area contributed by atoms with Crippen LogP contribution in [-0.2, 0) is 9.59 Å². The van der Waals surface area contributed by atoms with Crippen molar-refractivity contribution in [3.63, 3.8) is 0 Å². The summed E-state index contributed by atoms with van der Waals surface area (Å²) < 4.78 is 0. The zero-order chi connectivity index (χ0) is 21.8. The number of thioether (sulfide) groups is 1. The number of nitro benzene ring substituents is 1. The molecule has 7 nitrogen and oxygen atoms in total. The molecule has 0 fully saturated rings. The van der Waals surface area contributed by atoms with Crippen LogP contribution in [0.5, 0.6) is 0 Å². The van der Waals surface area contributed by atoms with Gasteiger partial charge in [0, 0.05) is 34.4 Å². The summed E-state index contributed by atoms with van der Waals surface area (Å²) in [6, 6.07) is 23.0. The molecule has 1 atom stereocenters. The molecule has 0 aromatic heterocycles. The Morgan fingerprint density at radius 1 is 1.03 bits per heavy atom. The van der Waals surface area contributed by atoms with Crippen LogP contribution in [0.4, 0.5) is 17.1 Å². The van der Waals surface area contributed by atoms with E-state index >= 15 is 0 Å². The maximum Gasteiger partial charge on any atom is 0.269 e. The Bertz CT molecular complexity index is 1120. The van der Waals surface area contributed by atoms with Gasteiger partial charge in [-0.25, -0.2) is 0 Å². The third-order valence-electron chi connectivity index (χ3n) is 4.92. The molecule has 0 aliphatic carbocycles. The number of non-ortho nitro benzene ring substituents is 1. The van der Waals surface area contributed by atoms with Crippen molar-refractivity contribution in [1.29, 1.82) is 0 Å². The number of para-hydroxylation sites is 1. The fraction of sp³-hybridized carbons (Fsp3) is 0.130. The number of fused-ring (bicyclic) bond motifs is 1. The summed E-state index contributed by atoms with van der Waals surface area (Å²) in [5, 5.41) is 13.4. The number of nitro groups is 1. The zero-order valence-corrected chi connectivity index (χ0v) is 17.2. The minimum atomic E-state index is -0.501. The second-order valence-corrected chi connectivity index (χ2v) is 8.27. The molecule has 0 unspecified atom stereocenters. The van der Waals surface area contributed by atoms with E-state index in [1.165, 1.54) is 29.2 Å². The van der Waals surface area contributed by atoms with Gasteiger partial charge in [0.05, 0.1) is 10.6 Å². The van der Waals surface area contributed by atoms with Crippen LogP contribution in [0.15, 0.2) is 83.8 Å². The van der Waals surface area contributed by atoms with Gasteiger partial charge >= 0.3 is 0 Å². The summed E-state index contributed by atoms with van der Waals surface area (Å²) in [7, 11) is 0. The highest BCUT2D eigenvalue weighted by molar-refractivity contribution is 7.99. The predicted octanol–water partition coefficient (Wildman–Crippen LogP) is 4.80. The maximum atomic E-state index is 13.1. The normalized spacial score (nSPS) is 15.7. The van der Waals surface area contributed by atoms with Gasteiger partial charge < -0.3 is 10.2 Å². The Kier molecular flexibility index (Phi) is 5.99. The maximum absolute atomic E-state index is 13.1. The van der Waals surface area contributed by atoms with E-state index in [9.17, 15) is 19.7 Å². The molecule has 0 bridgehead atoms. The summed E-state index contributed by atoms with van der Waals surface area (Å²) >= 11 is 1.62. The van der Waals surface area contributed by atoms with E-state index in [-0.39, 0.29) is 35.7 Å². The lowest BCUT2D eigenvalue weighted by Gasteiger charge is -2.22. The minimum absolute atomic E-state index is 0.0439. The number of carbonyl (C=O) groups is 2. The summed E-state index contributed by atoms with van der Waals surface area (Å²) in [6.45, 7) is -0.144. The Hall–Kier alpha value is -3.65. The van der Waals surface area contributed by atoms with Crippen LogP contribution in [0.2, 0.25) is 0 Å². The highest BCUT2D eigenvalue weighted by Crippen LogP contribution is 2.45. The molecule has 1 aliphatic rings. The van der Waals surface area contributed by atoms with Crippen LogP contribution in [0.1, 0.15) is 17.2 Å². The van der Waals surface area contributed by atoms with Crippen LogP contribution < -0.4 is 10.2 Å². The summed E-state index contributed by atoms with van der Waals surface area (Å²) in [4.78, 5) is 38.5. The van der Waals surface area contributed by atoms with Crippen LogP contribution in [0, 0.1) is 10.1 Å². The molecule has 156 valence electrons. The number of amides is 2. The van der Waals surface area contributed by atoms with Gasteiger partial charge in [0.2, 0.25) is 11.8 Å². The average molecular weight is 433 g/mol. The molecule has 8 heteroatoms. The van der Waals surface area contributed by atoms with Gasteiger partial charge in [-0.1, -0.05) is 42.5 Å². The number of rotatable bonds is 5. The number of hydrogen-bond donors (Lipinski definition) is 1. The Morgan fingerprint density at radius 3 is 2.42 bits per heavy atom. The van der Waals surface area contributed by atoms with Gasteiger partial charge in [-0.2, -0.15) is 0 Å². The molecule has 0 saturated carbocycles. The van der Waals surface area contributed by atoms with Crippen LogP contribution in [0.25, 0.3) is 0 Å². The van der Waals surface area contributed by atoms with E-state index in [0.29, 0.717) is 11.4 Å². The Balaban J connectivity index is 1.54. The standard InChI is InChI=1S/C23H19N3O4S/c27-22(24-17-10-12-18(13-11-17)26(29)30)15-25-19-8-4-5-9-20(19)31-21(14-23(25)28)16-6-2-1-3-7-16/h1-13,21H,14-15H2,(H,24,27)/t21-/m0/s1. The van der Waals surface area contributed by atoms with Gasteiger partial charge in [0.15, 0.2) is 0 Å². The average Bonchev–Trinajstić information content (AvgIpc) is 2.91. The number of anilines is 2. The van der Waals surface area contributed by atoms with Crippen molar-refractivity contribution in [3.8, 4) is 0 Å². The zero-order valence-electron chi connectivity index (χ0n) is 16.4. The lowest BCUT2D eigenvalue weighted by Crippen LogP contribution is -2.38.